The van der Waals surface area contributed by atoms with E-state index in [0.717, 1.165) is 44.7 Å². The van der Waals surface area contributed by atoms with Crippen LogP contribution in [0.2, 0.25) is 0 Å². The van der Waals surface area contributed by atoms with Crippen molar-refractivity contribution in [3.8, 4) is 11.5 Å². The number of urea groups is 1. The van der Waals surface area contributed by atoms with E-state index in [2.05, 4.69) is 30.8 Å². The average molecular weight is 547 g/mol. The smallest absolute Gasteiger partial charge is 0.323 e. The highest BCUT2D eigenvalue weighted by molar-refractivity contribution is 6.00. The van der Waals surface area contributed by atoms with Crippen molar-refractivity contribution in [2.75, 3.05) is 62.5 Å². The molecule has 0 radical (unpaired) electrons. The lowest BCUT2D eigenvalue weighted by molar-refractivity contribution is 0.0357. The van der Waals surface area contributed by atoms with Gasteiger partial charge in [-0.15, -0.1) is 0 Å². The molecule has 2 amide bonds. The Morgan fingerprint density at radius 2 is 1.73 bits per heavy atom. The van der Waals surface area contributed by atoms with Crippen LogP contribution in [0.15, 0.2) is 67.0 Å². The molecule has 0 bridgehead atoms. The fourth-order valence-electron chi connectivity index (χ4n) is 4.40. The number of amides is 2. The standard InChI is InChI=1S/C29H31FN6O4/c1-38-26-18-25-24(17-27(26)40-12-4-9-36-10-13-39-14-11-36)28(32-19-31-25)33-22-7-3-8-23(16-22)35-29(37)34-21-6-2-5-20(30)15-21/h2-3,5-8,15-19H,4,9-14H2,1H3,(H,31,32,33)(H2,34,35,37). The van der Waals surface area contributed by atoms with Gasteiger partial charge in [0.1, 0.15) is 18.0 Å². The van der Waals surface area contributed by atoms with Crippen LogP contribution in [0.25, 0.3) is 10.9 Å². The normalized spacial score (nSPS) is 13.6. The van der Waals surface area contributed by atoms with Crippen molar-refractivity contribution in [3.05, 3.63) is 72.8 Å². The van der Waals surface area contributed by atoms with E-state index in [1.54, 1.807) is 31.4 Å². The van der Waals surface area contributed by atoms with E-state index in [1.807, 2.05) is 18.2 Å². The van der Waals surface area contributed by atoms with Gasteiger partial charge in [-0.2, -0.15) is 0 Å². The molecule has 11 heteroatoms. The predicted molar refractivity (Wildman–Crippen MR) is 152 cm³/mol. The summed E-state index contributed by atoms with van der Waals surface area (Å²) in [6, 6.07) is 16.1. The zero-order valence-electron chi connectivity index (χ0n) is 22.2. The summed E-state index contributed by atoms with van der Waals surface area (Å²) in [6.07, 6.45) is 2.35. The molecule has 0 aliphatic carbocycles. The maximum absolute atomic E-state index is 13.4. The number of aromatic nitrogens is 2. The van der Waals surface area contributed by atoms with Crippen molar-refractivity contribution in [1.82, 2.24) is 14.9 Å². The minimum Gasteiger partial charge on any atom is -0.493 e. The number of ether oxygens (including phenoxy) is 3. The van der Waals surface area contributed by atoms with Gasteiger partial charge in [0.15, 0.2) is 11.5 Å². The van der Waals surface area contributed by atoms with Crippen LogP contribution in [0.4, 0.5) is 32.1 Å². The number of halogens is 1. The Labute approximate surface area is 231 Å². The number of benzene rings is 3. The fraction of sp³-hybridized carbons (Fsp3) is 0.276. The average Bonchev–Trinajstić information content (AvgIpc) is 2.96. The number of fused-ring (bicyclic) bond motifs is 1. The molecule has 4 aromatic rings. The molecule has 1 aliphatic rings. The van der Waals surface area contributed by atoms with Gasteiger partial charge in [-0.25, -0.2) is 19.2 Å². The molecule has 2 heterocycles. The molecule has 1 saturated heterocycles. The van der Waals surface area contributed by atoms with Crippen LogP contribution >= 0.6 is 0 Å². The van der Waals surface area contributed by atoms with E-state index in [0.29, 0.717) is 46.5 Å². The highest BCUT2D eigenvalue weighted by Gasteiger charge is 2.14. The highest BCUT2D eigenvalue weighted by Crippen LogP contribution is 2.35. The summed E-state index contributed by atoms with van der Waals surface area (Å²) in [6.45, 7) is 4.92. The van der Waals surface area contributed by atoms with Crippen molar-refractivity contribution < 1.29 is 23.4 Å². The molecule has 0 atom stereocenters. The quantitative estimate of drug-likeness (QED) is 0.231. The second-order valence-electron chi connectivity index (χ2n) is 9.19. The van der Waals surface area contributed by atoms with E-state index in [1.165, 1.54) is 24.5 Å². The second kappa shape index (κ2) is 13.0. The summed E-state index contributed by atoms with van der Waals surface area (Å²) in [5.74, 6) is 1.35. The van der Waals surface area contributed by atoms with Gasteiger partial charge in [0.25, 0.3) is 0 Å². The fourth-order valence-corrected chi connectivity index (χ4v) is 4.40. The van der Waals surface area contributed by atoms with Crippen molar-refractivity contribution in [2.24, 2.45) is 0 Å². The Morgan fingerprint density at radius 3 is 2.50 bits per heavy atom. The molecule has 3 aromatic carbocycles. The van der Waals surface area contributed by atoms with Crippen LogP contribution in [0.5, 0.6) is 11.5 Å². The first kappa shape index (κ1) is 27.1. The largest absolute Gasteiger partial charge is 0.493 e. The lowest BCUT2D eigenvalue weighted by Gasteiger charge is -2.26. The number of rotatable bonds is 10. The second-order valence-corrected chi connectivity index (χ2v) is 9.19. The molecule has 0 spiro atoms. The van der Waals surface area contributed by atoms with E-state index < -0.39 is 11.8 Å². The number of anilines is 4. The monoisotopic (exact) mass is 546 g/mol. The number of morpholine rings is 1. The molecule has 1 aliphatic heterocycles. The summed E-state index contributed by atoms with van der Waals surface area (Å²) >= 11 is 0. The van der Waals surface area contributed by atoms with E-state index >= 15 is 0 Å². The van der Waals surface area contributed by atoms with Gasteiger partial charge in [-0.05, 0) is 48.9 Å². The predicted octanol–water partition coefficient (Wildman–Crippen LogP) is 5.27. The number of hydrogen-bond donors (Lipinski definition) is 3. The summed E-state index contributed by atoms with van der Waals surface area (Å²) in [7, 11) is 1.60. The topological polar surface area (TPSA) is 110 Å². The third kappa shape index (κ3) is 7.13. The number of methoxy groups -OCH3 is 1. The Hall–Kier alpha value is -4.48. The van der Waals surface area contributed by atoms with Crippen molar-refractivity contribution in [1.29, 1.82) is 0 Å². The third-order valence-corrected chi connectivity index (χ3v) is 6.37. The molecule has 40 heavy (non-hydrogen) atoms. The first-order valence-electron chi connectivity index (χ1n) is 13.0. The van der Waals surface area contributed by atoms with Gasteiger partial charge in [0.2, 0.25) is 0 Å². The summed E-state index contributed by atoms with van der Waals surface area (Å²) < 4.78 is 30.5. The summed E-state index contributed by atoms with van der Waals surface area (Å²) in [4.78, 5) is 23.6. The summed E-state index contributed by atoms with van der Waals surface area (Å²) in [5.41, 5.74) is 2.29. The van der Waals surface area contributed by atoms with Crippen LogP contribution in [0, 0.1) is 5.82 Å². The Balaban J connectivity index is 1.27. The number of nitrogens with one attached hydrogen (secondary N) is 3. The lowest BCUT2D eigenvalue weighted by Crippen LogP contribution is -2.37. The molecule has 208 valence electrons. The number of carbonyl (C=O) groups excluding carboxylic acids is 1. The summed E-state index contributed by atoms with van der Waals surface area (Å²) in [5, 5.41) is 9.44. The number of hydrogen-bond acceptors (Lipinski definition) is 8. The van der Waals surface area contributed by atoms with E-state index in [4.69, 9.17) is 14.2 Å². The van der Waals surface area contributed by atoms with Crippen molar-refractivity contribution in [3.63, 3.8) is 0 Å². The van der Waals surface area contributed by atoms with Crippen LogP contribution in [-0.2, 0) is 4.74 Å². The van der Waals surface area contributed by atoms with E-state index in [-0.39, 0.29) is 0 Å². The van der Waals surface area contributed by atoms with E-state index in [9.17, 15) is 9.18 Å². The maximum atomic E-state index is 13.4. The van der Waals surface area contributed by atoms with Crippen molar-refractivity contribution >= 4 is 39.8 Å². The van der Waals surface area contributed by atoms with Gasteiger partial charge in [0.05, 0.1) is 32.4 Å². The molecule has 3 N–H and O–H groups in total. The third-order valence-electron chi connectivity index (χ3n) is 6.37. The van der Waals surface area contributed by atoms with Gasteiger partial charge < -0.3 is 30.2 Å². The molecule has 0 saturated carbocycles. The molecule has 10 nitrogen and oxygen atoms in total. The molecule has 1 aromatic heterocycles. The molecule has 5 rings (SSSR count). The van der Waals surface area contributed by atoms with Crippen LogP contribution in [0.1, 0.15) is 6.42 Å². The van der Waals surface area contributed by atoms with Gasteiger partial charge in [-0.3, -0.25) is 4.90 Å². The Bertz CT molecular complexity index is 1460. The zero-order chi connectivity index (χ0) is 27.7. The van der Waals surface area contributed by atoms with Gasteiger partial charge in [0, 0.05) is 48.1 Å². The number of carbonyl (C=O) groups is 1. The van der Waals surface area contributed by atoms with Crippen molar-refractivity contribution in [2.45, 2.75) is 6.42 Å². The van der Waals surface area contributed by atoms with Crippen LogP contribution < -0.4 is 25.4 Å². The first-order chi connectivity index (χ1) is 19.6. The lowest BCUT2D eigenvalue weighted by atomic mass is 10.2. The highest BCUT2D eigenvalue weighted by atomic mass is 19.1. The SMILES string of the molecule is COc1cc2ncnc(Nc3cccc(NC(=O)Nc4cccc(F)c4)c3)c2cc1OCCCN1CCOCC1. The minimum absolute atomic E-state index is 0.355. The maximum Gasteiger partial charge on any atom is 0.323 e. The molecular weight excluding hydrogens is 515 g/mol. The minimum atomic E-state index is -0.488. The van der Waals surface area contributed by atoms with Crippen LogP contribution in [-0.4, -0.2) is 67.5 Å². The number of nitrogens with zero attached hydrogens (tertiary/aromatic N) is 3. The first-order valence-corrected chi connectivity index (χ1v) is 13.0. The van der Waals surface area contributed by atoms with Crippen LogP contribution in [0.3, 0.4) is 0 Å². The Kier molecular flexibility index (Phi) is 8.84. The molecular formula is C29H31FN6O4. The molecule has 1 fully saturated rings. The van der Waals surface area contributed by atoms with Gasteiger partial charge >= 0.3 is 6.03 Å². The van der Waals surface area contributed by atoms with Gasteiger partial charge in [-0.1, -0.05) is 12.1 Å². The zero-order valence-corrected chi connectivity index (χ0v) is 22.2. The molecule has 0 unspecified atom stereocenters. The Morgan fingerprint density at radius 1 is 0.975 bits per heavy atom.